The summed E-state index contributed by atoms with van der Waals surface area (Å²) in [4.78, 5) is 4.07. The second-order valence-electron chi connectivity index (χ2n) is 4.79. The molecule has 0 saturated heterocycles. The monoisotopic (exact) mass is 447 g/mol. The molecule has 0 aliphatic carbocycles. The quantitative estimate of drug-likeness (QED) is 0.309. The molecule has 2 rings (SSSR count). The Labute approximate surface area is 157 Å². The molecular weight excluding hydrogens is 427 g/mol. The van der Waals surface area contributed by atoms with Gasteiger partial charge in [0, 0.05) is 19.7 Å². The lowest BCUT2D eigenvalue weighted by atomic mass is 10.2. The molecular formula is C17H20F2IN3O. The third-order valence-corrected chi connectivity index (χ3v) is 3.03. The van der Waals surface area contributed by atoms with Gasteiger partial charge in [-0.3, -0.25) is 4.99 Å². The van der Waals surface area contributed by atoms with Crippen molar-refractivity contribution in [1.29, 1.82) is 0 Å². The van der Waals surface area contributed by atoms with Crippen LogP contribution >= 0.6 is 24.0 Å². The van der Waals surface area contributed by atoms with E-state index >= 15 is 0 Å². The molecule has 0 saturated carbocycles. The number of benzene rings is 2. The predicted octanol–water partition coefficient (Wildman–Crippen LogP) is 3.33. The highest BCUT2D eigenvalue weighted by molar-refractivity contribution is 14.0. The largest absolute Gasteiger partial charge is 0.492 e. The summed E-state index contributed by atoms with van der Waals surface area (Å²) >= 11 is 0. The zero-order valence-corrected chi connectivity index (χ0v) is 15.6. The highest BCUT2D eigenvalue weighted by Gasteiger charge is 2.00. The Morgan fingerprint density at radius 1 is 1.04 bits per heavy atom. The van der Waals surface area contributed by atoms with Crippen LogP contribution in [0.25, 0.3) is 0 Å². The smallest absolute Gasteiger partial charge is 0.191 e. The van der Waals surface area contributed by atoms with E-state index in [9.17, 15) is 8.78 Å². The van der Waals surface area contributed by atoms with Crippen molar-refractivity contribution in [3.05, 3.63) is 65.7 Å². The van der Waals surface area contributed by atoms with Crippen LogP contribution in [0.3, 0.4) is 0 Å². The van der Waals surface area contributed by atoms with Crippen LogP contribution in [-0.2, 0) is 6.54 Å². The van der Waals surface area contributed by atoms with Crippen LogP contribution in [0.15, 0.2) is 53.5 Å². The minimum absolute atomic E-state index is 0. The van der Waals surface area contributed by atoms with Crippen molar-refractivity contribution < 1.29 is 13.5 Å². The van der Waals surface area contributed by atoms with Crippen molar-refractivity contribution in [1.82, 2.24) is 10.6 Å². The summed E-state index contributed by atoms with van der Waals surface area (Å²) in [5, 5.41) is 6.14. The van der Waals surface area contributed by atoms with Crippen LogP contribution in [0, 0.1) is 11.6 Å². The summed E-state index contributed by atoms with van der Waals surface area (Å²) in [5.41, 5.74) is 0.823. The Bertz CT molecular complexity index is 668. The zero-order valence-electron chi connectivity index (χ0n) is 13.3. The maximum Gasteiger partial charge on any atom is 0.191 e. The average molecular weight is 447 g/mol. The lowest BCUT2D eigenvalue weighted by Gasteiger charge is -2.12. The van der Waals surface area contributed by atoms with Gasteiger partial charge in [0.15, 0.2) is 5.96 Å². The van der Waals surface area contributed by atoms with Crippen LogP contribution in [0.2, 0.25) is 0 Å². The van der Waals surface area contributed by atoms with E-state index in [1.165, 1.54) is 24.3 Å². The van der Waals surface area contributed by atoms with E-state index in [0.29, 0.717) is 31.4 Å². The van der Waals surface area contributed by atoms with Gasteiger partial charge in [0.1, 0.15) is 24.0 Å². The third-order valence-electron chi connectivity index (χ3n) is 3.03. The molecule has 0 atom stereocenters. The van der Waals surface area contributed by atoms with E-state index in [0.717, 1.165) is 5.56 Å². The minimum atomic E-state index is -0.331. The Morgan fingerprint density at radius 2 is 1.75 bits per heavy atom. The molecule has 0 bridgehead atoms. The number of guanidine groups is 1. The third kappa shape index (κ3) is 7.12. The van der Waals surface area contributed by atoms with Gasteiger partial charge in [0.25, 0.3) is 0 Å². The molecule has 130 valence electrons. The van der Waals surface area contributed by atoms with Crippen LogP contribution < -0.4 is 15.4 Å². The number of ether oxygens (including phenoxy) is 1. The first-order chi connectivity index (χ1) is 11.2. The van der Waals surface area contributed by atoms with Gasteiger partial charge >= 0.3 is 0 Å². The SMILES string of the molecule is CN=C(NCCOc1cccc(F)c1)NCc1cccc(F)c1.I. The zero-order chi connectivity index (χ0) is 16.5. The Kier molecular flexibility index (Phi) is 9.06. The summed E-state index contributed by atoms with van der Waals surface area (Å²) in [6.07, 6.45) is 0. The Hall–Kier alpha value is -1.90. The number of hydrogen-bond donors (Lipinski definition) is 2. The van der Waals surface area contributed by atoms with Gasteiger partial charge in [-0.25, -0.2) is 8.78 Å². The molecule has 0 amide bonds. The average Bonchev–Trinajstić information content (AvgIpc) is 2.54. The maximum atomic E-state index is 13.1. The second-order valence-corrected chi connectivity index (χ2v) is 4.79. The first kappa shape index (κ1) is 20.1. The summed E-state index contributed by atoms with van der Waals surface area (Å²) in [5.74, 6) is 0.463. The summed E-state index contributed by atoms with van der Waals surface area (Å²) in [6.45, 7) is 1.33. The minimum Gasteiger partial charge on any atom is -0.492 e. The van der Waals surface area contributed by atoms with Gasteiger partial charge < -0.3 is 15.4 Å². The number of aliphatic imine (C=N–C) groups is 1. The number of nitrogens with one attached hydrogen (secondary N) is 2. The molecule has 0 aliphatic heterocycles. The summed E-state index contributed by atoms with van der Waals surface area (Å²) in [6, 6.07) is 12.3. The molecule has 0 heterocycles. The Balaban J connectivity index is 0.00000288. The van der Waals surface area contributed by atoms with E-state index in [2.05, 4.69) is 15.6 Å². The fourth-order valence-corrected chi connectivity index (χ4v) is 1.95. The van der Waals surface area contributed by atoms with E-state index in [1.54, 1.807) is 25.2 Å². The fraction of sp³-hybridized carbons (Fsp3) is 0.235. The second kappa shape index (κ2) is 10.8. The van der Waals surface area contributed by atoms with Crippen molar-refractivity contribution in [3.8, 4) is 5.75 Å². The van der Waals surface area contributed by atoms with Crippen LogP contribution in [0.1, 0.15) is 5.56 Å². The maximum absolute atomic E-state index is 13.1. The first-order valence-electron chi connectivity index (χ1n) is 7.24. The first-order valence-corrected chi connectivity index (χ1v) is 7.24. The van der Waals surface area contributed by atoms with Crippen LogP contribution in [-0.4, -0.2) is 26.2 Å². The number of halogens is 3. The standard InChI is InChI=1S/C17H19F2N3O.HI/c1-20-17(22-12-13-4-2-5-14(18)10-13)21-8-9-23-16-7-3-6-15(19)11-16;/h2-7,10-11H,8-9,12H2,1H3,(H2,20,21,22);1H. The van der Waals surface area contributed by atoms with Crippen LogP contribution in [0.5, 0.6) is 5.75 Å². The molecule has 0 radical (unpaired) electrons. The van der Waals surface area contributed by atoms with E-state index in [4.69, 9.17) is 4.74 Å². The van der Waals surface area contributed by atoms with Gasteiger partial charge in [0.05, 0.1) is 6.54 Å². The van der Waals surface area contributed by atoms with Crippen molar-refractivity contribution in [2.45, 2.75) is 6.54 Å². The predicted molar refractivity (Wildman–Crippen MR) is 102 cm³/mol. The summed E-state index contributed by atoms with van der Waals surface area (Å²) in [7, 11) is 1.65. The highest BCUT2D eigenvalue weighted by Crippen LogP contribution is 2.11. The van der Waals surface area contributed by atoms with Crippen molar-refractivity contribution in [3.63, 3.8) is 0 Å². The highest BCUT2D eigenvalue weighted by atomic mass is 127. The van der Waals surface area contributed by atoms with Crippen molar-refractivity contribution >= 4 is 29.9 Å². The lowest BCUT2D eigenvalue weighted by molar-refractivity contribution is 0.320. The normalized spacial score (nSPS) is 10.7. The summed E-state index contributed by atoms with van der Waals surface area (Å²) < 4.78 is 31.5. The van der Waals surface area contributed by atoms with Gasteiger partial charge in [-0.2, -0.15) is 0 Å². The molecule has 0 spiro atoms. The number of nitrogens with zero attached hydrogens (tertiary/aromatic N) is 1. The molecule has 0 unspecified atom stereocenters. The molecule has 2 aromatic carbocycles. The van der Waals surface area contributed by atoms with E-state index < -0.39 is 0 Å². The topological polar surface area (TPSA) is 45.7 Å². The molecule has 7 heteroatoms. The van der Waals surface area contributed by atoms with Gasteiger partial charge in [-0.1, -0.05) is 18.2 Å². The number of rotatable bonds is 6. The van der Waals surface area contributed by atoms with Crippen molar-refractivity contribution in [2.24, 2.45) is 4.99 Å². The molecule has 0 fully saturated rings. The van der Waals surface area contributed by atoms with Gasteiger partial charge in [-0.05, 0) is 29.8 Å². The van der Waals surface area contributed by atoms with E-state index in [-0.39, 0.29) is 35.6 Å². The van der Waals surface area contributed by atoms with Gasteiger partial charge in [-0.15, -0.1) is 24.0 Å². The number of hydrogen-bond acceptors (Lipinski definition) is 2. The lowest BCUT2D eigenvalue weighted by Crippen LogP contribution is -2.38. The molecule has 24 heavy (non-hydrogen) atoms. The Morgan fingerprint density at radius 3 is 2.42 bits per heavy atom. The van der Waals surface area contributed by atoms with Crippen molar-refractivity contribution in [2.75, 3.05) is 20.2 Å². The molecule has 0 aliphatic rings. The van der Waals surface area contributed by atoms with E-state index in [1.807, 2.05) is 6.07 Å². The molecule has 2 aromatic rings. The van der Waals surface area contributed by atoms with Gasteiger partial charge in [0.2, 0.25) is 0 Å². The van der Waals surface area contributed by atoms with Crippen LogP contribution in [0.4, 0.5) is 8.78 Å². The molecule has 0 aromatic heterocycles. The fourth-order valence-electron chi connectivity index (χ4n) is 1.95. The molecule has 4 nitrogen and oxygen atoms in total. The molecule has 2 N–H and O–H groups in total.